The van der Waals surface area contributed by atoms with E-state index in [1.54, 1.807) is 25.3 Å². The lowest BCUT2D eigenvalue weighted by Gasteiger charge is -2.38. The fraction of sp³-hybridized carbons (Fsp3) is 0.333. The number of benzene rings is 2. The largest absolute Gasteiger partial charge is 0.496 e. The average molecular weight is 392 g/mol. The normalized spacial score (nSPS) is 18.6. The fourth-order valence-corrected chi connectivity index (χ4v) is 3.83. The predicted molar refractivity (Wildman–Crippen MR) is 115 cm³/mol. The number of amides is 1. The fourth-order valence-electron chi connectivity index (χ4n) is 3.83. The van der Waals surface area contributed by atoms with Gasteiger partial charge in [0.25, 0.3) is 5.91 Å². The highest BCUT2D eigenvalue weighted by atomic mass is 16.6. The molecule has 1 saturated carbocycles. The van der Waals surface area contributed by atoms with Crippen LogP contribution in [-0.2, 0) is 10.3 Å². The molecular weight excluding hydrogens is 364 g/mol. The Balaban J connectivity index is 1.75. The number of nitrogens with zero attached hydrogens (tertiary/aromatic N) is 1. The molecule has 1 N–H and O–H groups in total. The lowest BCUT2D eigenvalue weighted by atomic mass is 9.69. The summed E-state index contributed by atoms with van der Waals surface area (Å²) in [5, 5.41) is 7.39. The van der Waals surface area contributed by atoms with Gasteiger partial charge in [-0.2, -0.15) is 0 Å². The molecule has 0 spiro atoms. The minimum absolute atomic E-state index is 0.119. The second kappa shape index (κ2) is 9.92. The molecule has 0 heterocycles. The summed E-state index contributed by atoms with van der Waals surface area (Å²) in [5.41, 5.74) is 2.73. The quantitative estimate of drug-likeness (QED) is 0.409. The molecule has 152 valence electrons. The first-order valence-corrected chi connectivity index (χ1v) is 9.94. The van der Waals surface area contributed by atoms with Crippen molar-refractivity contribution in [1.82, 2.24) is 5.32 Å². The molecule has 0 radical (unpaired) electrons. The van der Waals surface area contributed by atoms with E-state index in [0.717, 1.165) is 31.4 Å². The molecule has 0 unspecified atom stereocenters. The number of rotatable bonds is 8. The summed E-state index contributed by atoms with van der Waals surface area (Å²) in [4.78, 5) is 18.1. The summed E-state index contributed by atoms with van der Waals surface area (Å²) >= 11 is 0. The molecule has 0 atom stereocenters. The van der Waals surface area contributed by atoms with Crippen molar-refractivity contribution in [2.24, 2.45) is 5.16 Å². The van der Waals surface area contributed by atoms with Gasteiger partial charge >= 0.3 is 0 Å². The van der Waals surface area contributed by atoms with Crippen LogP contribution in [0.2, 0.25) is 0 Å². The van der Waals surface area contributed by atoms with E-state index < -0.39 is 0 Å². The highest BCUT2D eigenvalue weighted by Crippen LogP contribution is 2.38. The molecule has 0 bridgehead atoms. The van der Waals surface area contributed by atoms with Gasteiger partial charge < -0.3 is 14.9 Å². The van der Waals surface area contributed by atoms with Crippen LogP contribution < -0.4 is 10.1 Å². The van der Waals surface area contributed by atoms with Gasteiger partial charge in [-0.15, -0.1) is 0 Å². The third kappa shape index (κ3) is 5.05. The third-order valence-corrected chi connectivity index (χ3v) is 5.50. The second-order valence-corrected chi connectivity index (χ2v) is 7.27. The van der Waals surface area contributed by atoms with Gasteiger partial charge in [0.2, 0.25) is 0 Å². The van der Waals surface area contributed by atoms with E-state index in [2.05, 4.69) is 41.3 Å². The molecule has 1 aliphatic rings. The summed E-state index contributed by atoms with van der Waals surface area (Å²) in [5.74, 6) is 0.461. The number of hydrogen-bond acceptors (Lipinski definition) is 4. The lowest BCUT2D eigenvalue weighted by Crippen LogP contribution is -2.43. The van der Waals surface area contributed by atoms with Gasteiger partial charge in [0, 0.05) is 12.0 Å². The Morgan fingerprint density at radius 2 is 1.83 bits per heavy atom. The molecule has 2 aromatic rings. The minimum atomic E-state index is -0.129. The number of carbonyl (C=O) groups is 1. The highest BCUT2D eigenvalue weighted by Gasteiger charge is 2.36. The summed E-state index contributed by atoms with van der Waals surface area (Å²) in [7, 11) is 1.58. The first-order valence-electron chi connectivity index (χ1n) is 9.94. The summed E-state index contributed by atoms with van der Waals surface area (Å²) in [6, 6.07) is 17.7. The topological polar surface area (TPSA) is 59.9 Å². The van der Waals surface area contributed by atoms with Crippen molar-refractivity contribution in [1.29, 1.82) is 0 Å². The number of para-hydroxylation sites is 1. The van der Waals surface area contributed by atoms with Crippen molar-refractivity contribution in [3.05, 3.63) is 78.4 Å². The van der Waals surface area contributed by atoms with E-state index in [1.807, 2.05) is 18.2 Å². The van der Waals surface area contributed by atoms with Crippen LogP contribution in [0.4, 0.5) is 0 Å². The summed E-state index contributed by atoms with van der Waals surface area (Å²) in [6.45, 7) is 4.62. The smallest absolute Gasteiger partial charge is 0.255 e. The number of ether oxygens (including phenoxy) is 1. The Labute approximate surface area is 172 Å². The lowest BCUT2D eigenvalue weighted by molar-refractivity contribution is 0.0936. The van der Waals surface area contributed by atoms with E-state index >= 15 is 0 Å². The van der Waals surface area contributed by atoms with Crippen LogP contribution in [-0.4, -0.2) is 31.9 Å². The molecule has 0 aliphatic heterocycles. The van der Waals surface area contributed by atoms with Gasteiger partial charge in [-0.3, -0.25) is 4.79 Å². The van der Waals surface area contributed by atoms with Gasteiger partial charge in [0.15, 0.2) is 0 Å². The van der Waals surface area contributed by atoms with Crippen molar-refractivity contribution in [2.45, 2.75) is 31.1 Å². The number of methoxy groups -OCH3 is 1. The van der Waals surface area contributed by atoms with E-state index in [9.17, 15) is 4.79 Å². The van der Waals surface area contributed by atoms with Crippen molar-refractivity contribution in [2.75, 3.05) is 20.3 Å². The minimum Gasteiger partial charge on any atom is -0.496 e. The van der Waals surface area contributed by atoms with Crippen molar-refractivity contribution < 1.29 is 14.4 Å². The van der Waals surface area contributed by atoms with Gasteiger partial charge in [-0.05, 0) is 43.4 Å². The molecule has 5 nitrogen and oxygen atoms in total. The first-order chi connectivity index (χ1) is 14.2. The van der Waals surface area contributed by atoms with E-state index in [4.69, 9.17) is 9.57 Å². The predicted octanol–water partition coefficient (Wildman–Crippen LogP) is 4.50. The zero-order chi connectivity index (χ0) is 20.5. The van der Waals surface area contributed by atoms with E-state index in [-0.39, 0.29) is 11.3 Å². The Hall–Kier alpha value is -3.08. The Kier molecular flexibility index (Phi) is 7.06. The number of hydrogen-bond donors (Lipinski definition) is 1. The monoisotopic (exact) mass is 392 g/mol. The van der Waals surface area contributed by atoms with Gasteiger partial charge in [-0.1, -0.05) is 60.3 Å². The first kappa shape index (κ1) is 20.6. The van der Waals surface area contributed by atoms with Crippen molar-refractivity contribution in [3.8, 4) is 5.75 Å². The average Bonchev–Trinajstić information content (AvgIpc) is 2.79. The van der Waals surface area contributed by atoms with E-state index in [1.165, 1.54) is 5.56 Å². The highest BCUT2D eigenvalue weighted by molar-refractivity contribution is 5.97. The zero-order valence-electron chi connectivity index (χ0n) is 16.9. The molecular formula is C24H28N2O3. The van der Waals surface area contributed by atoms with Gasteiger partial charge in [0.1, 0.15) is 12.4 Å². The third-order valence-electron chi connectivity index (χ3n) is 5.50. The maximum atomic E-state index is 12.8. The SMILES string of the molecule is C=CCON=C1CCC(CNC(=O)c2ccccc2OC)(c2ccccc2)CC1. The summed E-state index contributed by atoms with van der Waals surface area (Å²) in [6.07, 6.45) is 5.18. The molecule has 2 aromatic carbocycles. The van der Waals surface area contributed by atoms with Crippen LogP contribution in [0.5, 0.6) is 5.75 Å². The maximum Gasteiger partial charge on any atom is 0.255 e. The van der Waals surface area contributed by atoms with Gasteiger partial charge in [-0.25, -0.2) is 0 Å². The Bertz CT molecular complexity index is 851. The maximum absolute atomic E-state index is 12.8. The molecule has 1 amide bonds. The van der Waals surface area contributed by atoms with E-state index in [0.29, 0.717) is 24.5 Å². The number of nitrogens with one attached hydrogen (secondary N) is 1. The van der Waals surface area contributed by atoms with Crippen LogP contribution >= 0.6 is 0 Å². The molecule has 1 aliphatic carbocycles. The second-order valence-electron chi connectivity index (χ2n) is 7.27. The number of oxime groups is 1. The van der Waals surface area contributed by atoms with Crippen molar-refractivity contribution >= 4 is 11.6 Å². The Morgan fingerprint density at radius 1 is 1.14 bits per heavy atom. The number of carbonyl (C=O) groups excluding carboxylic acids is 1. The standard InChI is InChI=1S/C24H28N2O3/c1-3-17-29-26-20-13-15-24(16-14-20,19-9-5-4-6-10-19)18-25-23(27)21-11-7-8-12-22(21)28-2/h3-12H,1,13-18H2,2H3,(H,25,27). The zero-order valence-corrected chi connectivity index (χ0v) is 16.9. The van der Waals surface area contributed by atoms with Crippen molar-refractivity contribution in [3.63, 3.8) is 0 Å². The molecule has 1 fully saturated rings. The summed E-state index contributed by atoms with van der Waals surface area (Å²) < 4.78 is 5.33. The molecule has 29 heavy (non-hydrogen) atoms. The molecule has 0 aromatic heterocycles. The molecule has 5 heteroatoms. The molecule has 0 saturated heterocycles. The van der Waals surface area contributed by atoms with Crippen LogP contribution in [0.1, 0.15) is 41.6 Å². The van der Waals surface area contributed by atoms with Crippen LogP contribution in [0.15, 0.2) is 72.4 Å². The Morgan fingerprint density at radius 3 is 2.52 bits per heavy atom. The van der Waals surface area contributed by atoms with Crippen LogP contribution in [0.3, 0.4) is 0 Å². The molecule has 3 rings (SSSR count). The van der Waals surface area contributed by atoms with Crippen LogP contribution in [0.25, 0.3) is 0 Å². The van der Waals surface area contributed by atoms with Gasteiger partial charge in [0.05, 0.1) is 18.4 Å². The van der Waals surface area contributed by atoms with Crippen LogP contribution in [0, 0.1) is 0 Å².